The zero-order chi connectivity index (χ0) is 15.8. The van der Waals surface area contributed by atoms with E-state index in [9.17, 15) is 17.2 Å². The van der Waals surface area contributed by atoms with Crippen molar-refractivity contribution in [2.24, 2.45) is 0 Å². The van der Waals surface area contributed by atoms with E-state index in [1.807, 2.05) is 11.9 Å². The van der Waals surface area contributed by atoms with Gasteiger partial charge in [0.05, 0.1) is 0 Å². The summed E-state index contributed by atoms with van der Waals surface area (Å²) in [6.07, 6.45) is 0.667. The van der Waals surface area contributed by atoms with E-state index in [1.165, 1.54) is 4.31 Å². The largest absolute Gasteiger partial charge is 0.305 e. The molecule has 1 unspecified atom stereocenters. The molecule has 0 radical (unpaired) electrons. The van der Waals surface area contributed by atoms with Gasteiger partial charge in [-0.3, -0.25) is 0 Å². The molecule has 1 aliphatic rings. The van der Waals surface area contributed by atoms with Gasteiger partial charge in [0.2, 0.25) is 10.0 Å². The number of nitrogens with zero attached hydrogens (tertiary/aromatic N) is 2. The molecule has 1 aromatic rings. The van der Waals surface area contributed by atoms with Crippen LogP contribution in [0.5, 0.6) is 0 Å². The van der Waals surface area contributed by atoms with Crippen LogP contribution in [0.3, 0.4) is 0 Å². The first kappa shape index (κ1) is 16.8. The van der Waals surface area contributed by atoms with E-state index < -0.39 is 26.6 Å². The average molecular weight is 383 g/mol. The quantitative estimate of drug-likeness (QED) is 0.788. The van der Waals surface area contributed by atoms with Gasteiger partial charge in [0.25, 0.3) is 0 Å². The van der Waals surface area contributed by atoms with Crippen molar-refractivity contribution < 1.29 is 17.2 Å². The second-order valence-corrected chi connectivity index (χ2v) is 7.96. The standard InChI is InChI=1S/C13H17BrF2N2O2S/c1-9-8-17(2)4-3-5-18(9)21(19,20)13-11(14)6-10(15)7-12(13)16/h6-7,9H,3-5,8H2,1-2H3. The molecule has 2 rings (SSSR count). The molecule has 4 nitrogen and oxygen atoms in total. The van der Waals surface area contributed by atoms with Gasteiger partial charge in [0.1, 0.15) is 16.5 Å². The Morgan fingerprint density at radius 3 is 2.57 bits per heavy atom. The molecule has 1 saturated heterocycles. The second kappa shape index (κ2) is 6.28. The minimum absolute atomic E-state index is 0.0928. The zero-order valence-corrected chi connectivity index (χ0v) is 14.2. The van der Waals surface area contributed by atoms with Crippen LogP contribution in [0, 0.1) is 11.6 Å². The van der Waals surface area contributed by atoms with Crippen molar-refractivity contribution in [3.05, 3.63) is 28.2 Å². The lowest BCUT2D eigenvalue weighted by atomic mass is 10.3. The molecular weight excluding hydrogens is 366 g/mol. The third-order valence-electron chi connectivity index (χ3n) is 3.52. The molecule has 0 amide bonds. The maximum atomic E-state index is 14.0. The lowest BCUT2D eigenvalue weighted by Gasteiger charge is -2.27. The molecule has 1 aliphatic heterocycles. The first-order valence-corrected chi connectivity index (χ1v) is 8.81. The van der Waals surface area contributed by atoms with E-state index in [4.69, 9.17) is 0 Å². The van der Waals surface area contributed by atoms with Gasteiger partial charge < -0.3 is 4.90 Å². The summed E-state index contributed by atoms with van der Waals surface area (Å²) in [6, 6.07) is 1.27. The predicted octanol–water partition coefficient (Wildman–Crippen LogP) is 2.44. The highest BCUT2D eigenvalue weighted by atomic mass is 79.9. The lowest BCUT2D eigenvalue weighted by molar-refractivity contribution is 0.290. The molecule has 1 heterocycles. The molecule has 0 aliphatic carbocycles. The van der Waals surface area contributed by atoms with Crippen molar-refractivity contribution in [3.8, 4) is 0 Å². The van der Waals surface area contributed by atoms with Gasteiger partial charge in [-0.2, -0.15) is 4.31 Å². The van der Waals surface area contributed by atoms with Crippen LogP contribution in [0.2, 0.25) is 0 Å². The van der Waals surface area contributed by atoms with Crippen LogP contribution in [0.4, 0.5) is 8.78 Å². The van der Waals surface area contributed by atoms with Crippen molar-refractivity contribution in [1.82, 2.24) is 9.21 Å². The van der Waals surface area contributed by atoms with Gasteiger partial charge in [-0.05, 0) is 48.9 Å². The number of benzene rings is 1. The fourth-order valence-corrected chi connectivity index (χ4v) is 5.38. The predicted molar refractivity (Wildman–Crippen MR) is 79.5 cm³/mol. The zero-order valence-electron chi connectivity index (χ0n) is 11.8. The molecule has 0 bridgehead atoms. The van der Waals surface area contributed by atoms with Crippen molar-refractivity contribution in [2.75, 3.05) is 26.7 Å². The summed E-state index contributed by atoms with van der Waals surface area (Å²) < 4.78 is 53.8. The minimum atomic E-state index is -4.02. The van der Waals surface area contributed by atoms with Crippen LogP contribution < -0.4 is 0 Å². The lowest BCUT2D eigenvalue weighted by Crippen LogP contribution is -2.42. The maximum absolute atomic E-state index is 14.0. The van der Waals surface area contributed by atoms with E-state index in [-0.39, 0.29) is 10.5 Å². The smallest absolute Gasteiger partial charge is 0.247 e. The summed E-state index contributed by atoms with van der Waals surface area (Å²) in [5.74, 6) is -1.89. The van der Waals surface area contributed by atoms with Crippen LogP contribution in [0.15, 0.2) is 21.5 Å². The number of likely N-dealkylation sites (N-methyl/N-ethyl adjacent to an activating group) is 1. The average Bonchev–Trinajstić information content (AvgIpc) is 2.48. The molecule has 8 heteroatoms. The summed E-state index contributed by atoms with van der Waals surface area (Å²) in [6.45, 7) is 3.45. The summed E-state index contributed by atoms with van der Waals surface area (Å²) in [7, 11) is -2.10. The Labute approximate surface area is 131 Å². The monoisotopic (exact) mass is 382 g/mol. The van der Waals surface area contributed by atoms with Crippen LogP contribution in [-0.2, 0) is 10.0 Å². The van der Waals surface area contributed by atoms with Crippen molar-refractivity contribution in [2.45, 2.75) is 24.3 Å². The minimum Gasteiger partial charge on any atom is -0.305 e. The van der Waals surface area contributed by atoms with Crippen LogP contribution in [-0.4, -0.2) is 50.3 Å². The SMILES string of the molecule is CC1CN(C)CCCN1S(=O)(=O)c1c(F)cc(F)cc1Br. The Hall–Kier alpha value is -0.570. The Kier molecular flexibility index (Phi) is 5.02. The number of sulfonamides is 1. The fourth-order valence-electron chi connectivity index (χ4n) is 2.60. The highest BCUT2D eigenvalue weighted by Gasteiger charge is 2.34. The normalized spacial score (nSPS) is 22.2. The molecule has 1 atom stereocenters. The Morgan fingerprint density at radius 1 is 1.29 bits per heavy atom. The van der Waals surface area contributed by atoms with Crippen LogP contribution in [0.1, 0.15) is 13.3 Å². The summed E-state index contributed by atoms with van der Waals surface area (Å²) in [4.78, 5) is 1.54. The maximum Gasteiger partial charge on any atom is 0.247 e. The van der Waals surface area contributed by atoms with E-state index in [0.29, 0.717) is 25.6 Å². The van der Waals surface area contributed by atoms with E-state index >= 15 is 0 Å². The molecular formula is C13H17BrF2N2O2S. The molecule has 118 valence electrons. The van der Waals surface area contributed by atoms with E-state index in [2.05, 4.69) is 15.9 Å². The summed E-state index contributed by atoms with van der Waals surface area (Å²) in [5, 5.41) is 0. The van der Waals surface area contributed by atoms with Crippen LogP contribution in [0.25, 0.3) is 0 Å². The van der Waals surface area contributed by atoms with Gasteiger partial charge >= 0.3 is 0 Å². The third-order valence-corrected chi connectivity index (χ3v) is 6.49. The molecule has 0 N–H and O–H groups in total. The molecule has 0 spiro atoms. The van der Waals surface area contributed by atoms with E-state index in [1.54, 1.807) is 6.92 Å². The molecule has 1 aromatic carbocycles. The first-order valence-electron chi connectivity index (χ1n) is 6.58. The van der Waals surface area contributed by atoms with Gasteiger partial charge in [-0.1, -0.05) is 0 Å². The first-order chi connectivity index (χ1) is 9.73. The Bertz CT molecular complexity index is 616. The highest BCUT2D eigenvalue weighted by Crippen LogP contribution is 2.30. The number of rotatable bonds is 2. The molecule has 0 aromatic heterocycles. The Balaban J connectivity index is 2.47. The second-order valence-electron chi connectivity index (χ2n) is 5.28. The summed E-state index contributed by atoms with van der Waals surface area (Å²) >= 11 is 2.96. The van der Waals surface area contributed by atoms with Gasteiger partial charge in [-0.25, -0.2) is 17.2 Å². The molecule has 1 fully saturated rings. The number of hydrogen-bond acceptors (Lipinski definition) is 3. The number of hydrogen-bond donors (Lipinski definition) is 0. The number of halogens is 3. The van der Waals surface area contributed by atoms with Gasteiger partial charge in [0.15, 0.2) is 0 Å². The Morgan fingerprint density at radius 2 is 1.95 bits per heavy atom. The third kappa shape index (κ3) is 3.44. The van der Waals surface area contributed by atoms with Gasteiger partial charge in [-0.15, -0.1) is 0 Å². The fraction of sp³-hybridized carbons (Fsp3) is 0.538. The highest BCUT2D eigenvalue weighted by molar-refractivity contribution is 9.10. The van der Waals surface area contributed by atoms with Gasteiger partial charge in [0, 0.05) is 29.7 Å². The summed E-state index contributed by atoms with van der Waals surface area (Å²) in [5.41, 5.74) is 0. The van der Waals surface area contributed by atoms with Crippen molar-refractivity contribution >= 4 is 26.0 Å². The van der Waals surface area contributed by atoms with E-state index in [0.717, 1.165) is 12.6 Å². The molecule has 21 heavy (non-hydrogen) atoms. The van der Waals surface area contributed by atoms with Crippen LogP contribution >= 0.6 is 15.9 Å². The van der Waals surface area contributed by atoms with Crippen molar-refractivity contribution in [1.29, 1.82) is 0 Å². The van der Waals surface area contributed by atoms with Crippen molar-refractivity contribution in [3.63, 3.8) is 0 Å². The molecule has 0 saturated carbocycles. The topological polar surface area (TPSA) is 40.6 Å².